The van der Waals surface area contributed by atoms with Gasteiger partial charge in [-0.05, 0) is 104 Å². The summed E-state index contributed by atoms with van der Waals surface area (Å²) in [5, 5.41) is 9.32. The van der Waals surface area contributed by atoms with Crippen molar-refractivity contribution in [2.75, 3.05) is 6.61 Å². The van der Waals surface area contributed by atoms with E-state index in [2.05, 4.69) is 20.8 Å². The summed E-state index contributed by atoms with van der Waals surface area (Å²) in [5.41, 5.74) is 1.25. The number of aliphatic hydroxyl groups is 1. The molecule has 4 saturated carbocycles. The highest BCUT2D eigenvalue weighted by Crippen LogP contribution is 2.69. The molecule has 0 radical (unpaired) electrons. The van der Waals surface area contributed by atoms with E-state index in [1.54, 1.807) is 6.42 Å². The van der Waals surface area contributed by atoms with E-state index in [-0.39, 0.29) is 0 Å². The zero-order valence-electron chi connectivity index (χ0n) is 17.1. The van der Waals surface area contributed by atoms with E-state index >= 15 is 0 Å². The number of aliphatic hydroxyl groups excluding tert-OH is 1. The highest BCUT2D eigenvalue weighted by Gasteiger charge is 2.60. The average Bonchev–Trinajstić information content (AvgIpc) is 2.95. The molecule has 0 spiro atoms. The molecular formula is C24H42O. The van der Waals surface area contributed by atoms with Gasteiger partial charge in [-0.2, -0.15) is 0 Å². The molecule has 144 valence electrons. The minimum Gasteiger partial charge on any atom is -0.396 e. The maximum Gasteiger partial charge on any atom is 0.0431 e. The van der Waals surface area contributed by atoms with Crippen LogP contribution in [0.2, 0.25) is 0 Å². The summed E-state index contributed by atoms with van der Waals surface area (Å²) in [6.45, 7) is 8.23. The molecule has 0 saturated heterocycles. The Labute approximate surface area is 156 Å². The van der Waals surface area contributed by atoms with Crippen LogP contribution in [-0.2, 0) is 0 Å². The van der Waals surface area contributed by atoms with Gasteiger partial charge in [0.15, 0.2) is 0 Å². The van der Waals surface area contributed by atoms with Gasteiger partial charge >= 0.3 is 0 Å². The van der Waals surface area contributed by atoms with Crippen LogP contribution >= 0.6 is 0 Å². The molecule has 0 bridgehead atoms. The molecule has 4 rings (SSSR count). The summed E-state index contributed by atoms with van der Waals surface area (Å²) < 4.78 is 0. The van der Waals surface area contributed by atoms with Gasteiger partial charge in [0, 0.05) is 6.61 Å². The molecule has 0 aromatic rings. The summed E-state index contributed by atoms with van der Waals surface area (Å²) in [4.78, 5) is 0. The van der Waals surface area contributed by atoms with Crippen LogP contribution in [0.25, 0.3) is 0 Å². The van der Waals surface area contributed by atoms with E-state index in [9.17, 15) is 5.11 Å². The van der Waals surface area contributed by atoms with E-state index in [4.69, 9.17) is 0 Å². The molecule has 0 aromatic heterocycles. The summed E-state index contributed by atoms with van der Waals surface area (Å²) in [6, 6.07) is 0. The topological polar surface area (TPSA) is 20.2 Å². The second-order valence-corrected chi connectivity index (χ2v) is 10.8. The predicted octanol–water partition coefficient (Wildman–Crippen LogP) is 6.44. The van der Waals surface area contributed by atoms with E-state index < -0.39 is 0 Å². The summed E-state index contributed by atoms with van der Waals surface area (Å²) in [5.74, 6) is 5.96. The third-order valence-corrected chi connectivity index (χ3v) is 10.2. The van der Waals surface area contributed by atoms with Crippen molar-refractivity contribution in [2.45, 2.75) is 97.8 Å². The van der Waals surface area contributed by atoms with Crippen LogP contribution in [0.15, 0.2) is 0 Å². The lowest BCUT2D eigenvalue weighted by Gasteiger charge is -2.62. The zero-order valence-corrected chi connectivity index (χ0v) is 17.1. The molecule has 1 heteroatoms. The van der Waals surface area contributed by atoms with E-state index in [0.29, 0.717) is 17.4 Å². The van der Waals surface area contributed by atoms with Crippen LogP contribution < -0.4 is 0 Å². The SMILES string of the molecule is CC[C@H]1CC2C3CCC(CCCO)C3(C)CC[C@@H]2C2(C)CCCCC12. The number of rotatable bonds is 4. The summed E-state index contributed by atoms with van der Waals surface area (Å²) in [6.07, 6.45) is 17.2. The molecule has 1 N–H and O–H groups in total. The lowest BCUT2D eigenvalue weighted by Crippen LogP contribution is -2.55. The largest absolute Gasteiger partial charge is 0.396 e. The fourth-order valence-corrected chi connectivity index (χ4v) is 8.94. The van der Waals surface area contributed by atoms with E-state index in [1.165, 1.54) is 64.2 Å². The minimum atomic E-state index is 0.390. The van der Waals surface area contributed by atoms with Crippen LogP contribution in [0, 0.1) is 46.3 Å². The second-order valence-electron chi connectivity index (χ2n) is 10.8. The molecular weight excluding hydrogens is 304 g/mol. The van der Waals surface area contributed by atoms with Gasteiger partial charge < -0.3 is 5.11 Å². The summed E-state index contributed by atoms with van der Waals surface area (Å²) >= 11 is 0. The first-order chi connectivity index (χ1) is 12.0. The number of fused-ring (bicyclic) bond motifs is 5. The molecule has 0 heterocycles. The van der Waals surface area contributed by atoms with Crippen LogP contribution in [0.5, 0.6) is 0 Å². The van der Waals surface area contributed by atoms with Crippen molar-refractivity contribution in [1.29, 1.82) is 0 Å². The Morgan fingerprint density at radius 2 is 1.68 bits per heavy atom. The number of hydrogen-bond acceptors (Lipinski definition) is 1. The zero-order chi connectivity index (χ0) is 17.7. The quantitative estimate of drug-likeness (QED) is 0.620. The molecule has 1 nitrogen and oxygen atoms in total. The molecule has 4 aliphatic rings. The van der Waals surface area contributed by atoms with Crippen molar-refractivity contribution in [2.24, 2.45) is 46.3 Å². The Bertz CT molecular complexity index is 473. The fourth-order valence-electron chi connectivity index (χ4n) is 8.94. The minimum absolute atomic E-state index is 0.390. The molecule has 0 aliphatic heterocycles. The van der Waals surface area contributed by atoms with Crippen molar-refractivity contribution in [3.63, 3.8) is 0 Å². The molecule has 6 unspecified atom stereocenters. The van der Waals surface area contributed by atoms with Crippen molar-refractivity contribution < 1.29 is 5.11 Å². The van der Waals surface area contributed by atoms with Gasteiger partial charge in [-0.15, -0.1) is 0 Å². The maximum atomic E-state index is 9.32. The Kier molecular flexibility index (Phi) is 5.02. The van der Waals surface area contributed by atoms with Crippen molar-refractivity contribution in [3.8, 4) is 0 Å². The monoisotopic (exact) mass is 346 g/mol. The second kappa shape index (κ2) is 6.84. The molecule has 0 amide bonds. The molecule has 4 aliphatic carbocycles. The van der Waals surface area contributed by atoms with Gasteiger partial charge in [-0.3, -0.25) is 0 Å². The number of hydrogen-bond donors (Lipinski definition) is 1. The first-order valence-electron chi connectivity index (χ1n) is 11.7. The molecule has 25 heavy (non-hydrogen) atoms. The van der Waals surface area contributed by atoms with Crippen molar-refractivity contribution >= 4 is 0 Å². The van der Waals surface area contributed by atoms with Gasteiger partial charge in [0.1, 0.15) is 0 Å². The van der Waals surface area contributed by atoms with Gasteiger partial charge in [0.25, 0.3) is 0 Å². The molecule has 4 fully saturated rings. The van der Waals surface area contributed by atoms with Crippen LogP contribution in [0.3, 0.4) is 0 Å². The fraction of sp³-hybridized carbons (Fsp3) is 1.00. The van der Waals surface area contributed by atoms with Gasteiger partial charge in [-0.25, -0.2) is 0 Å². The predicted molar refractivity (Wildman–Crippen MR) is 105 cm³/mol. The highest BCUT2D eigenvalue weighted by molar-refractivity contribution is 5.10. The molecule has 8 atom stereocenters. The van der Waals surface area contributed by atoms with E-state index in [1.807, 2.05) is 0 Å². The Hall–Kier alpha value is -0.0400. The average molecular weight is 347 g/mol. The lowest BCUT2D eigenvalue weighted by molar-refractivity contribution is -0.135. The first kappa shape index (κ1) is 18.3. The Morgan fingerprint density at radius 3 is 2.44 bits per heavy atom. The Balaban J connectivity index is 1.60. The smallest absolute Gasteiger partial charge is 0.0431 e. The first-order valence-corrected chi connectivity index (χ1v) is 11.7. The van der Waals surface area contributed by atoms with Crippen LogP contribution in [-0.4, -0.2) is 11.7 Å². The maximum absolute atomic E-state index is 9.32. The van der Waals surface area contributed by atoms with E-state index in [0.717, 1.165) is 41.9 Å². The normalized spacial score (nSPS) is 52.3. The van der Waals surface area contributed by atoms with Crippen LogP contribution in [0.1, 0.15) is 97.8 Å². The molecule has 0 aromatic carbocycles. The third-order valence-electron chi connectivity index (χ3n) is 10.2. The summed E-state index contributed by atoms with van der Waals surface area (Å²) in [7, 11) is 0. The highest BCUT2D eigenvalue weighted by atomic mass is 16.2. The van der Waals surface area contributed by atoms with Crippen molar-refractivity contribution in [3.05, 3.63) is 0 Å². The third kappa shape index (κ3) is 2.74. The van der Waals surface area contributed by atoms with Gasteiger partial charge in [0.05, 0.1) is 0 Å². The lowest BCUT2D eigenvalue weighted by atomic mass is 9.42. The van der Waals surface area contributed by atoms with Gasteiger partial charge in [0.2, 0.25) is 0 Å². The van der Waals surface area contributed by atoms with Gasteiger partial charge in [-0.1, -0.05) is 40.0 Å². The van der Waals surface area contributed by atoms with Crippen LogP contribution in [0.4, 0.5) is 0 Å². The Morgan fingerprint density at radius 1 is 0.880 bits per heavy atom. The van der Waals surface area contributed by atoms with Crippen molar-refractivity contribution in [1.82, 2.24) is 0 Å². The standard InChI is InChI=1S/C24H42O/c1-4-17-16-19-21-11-10-18(8-7-15-25)23(21,2)14-12-22(19)24(3)13-6-5-9-20(17)24/h17-22,25H,4-16H2,1-3H3/t17-,18?,19?,20?,21?,22-,23?,24?/m0/s1.